The Labute approximate surface area is 305 Å². The van der Waals surface area contributed by atoms with Crippen LogP contribution in [0.1, 0.15) is 11.1 Å². The van der Waals surface area contributed by atoms with Gasteiger partial charge >= 0.3 is 0 Å². The zero-order valence-electron chi connectivity index (χ0n) is 28.8. The number of para-hydroxylation sites is 4. The second-order valence-corrected chi connectivity index (χ2v) is 13.3. The van der Waals surface area contributed by atoms with E-state index in [1.807, 2.05) is 0 Å². The van der Waals surface area contributed by atoms with Gasteiger partial charge < -0.3 is 9.80 Å². The van der Waals surface area contributed by atoms with Gasteiger partial charge in [0.25, 0.3) is 0 Å². The minimum absolute atomic E-state index is 0.213. The van der Waals surface area contributed by atoms with E-state index in [-0.39, 0.29) is 11.8 Å². The van der Waals surface area contributed by atoms with Crippen molar-refractivity contribution in [2.75, 3.05) is 9.80 Å². The molecule has 0 N–H and O–H groups in total. The first-order valence-corrected chi connectivity index (χ1v) is 18.0. The number of hydrogen-bond donors (Lipinski definition) is 0. The Morgan fingerprint density at radius 1 is 0.269 bits per heavy atom. The predicted molar refractivity (Wildman–Crippen MR) is 218 cm³/mol. The third-order valence-corrected chi connectivity index (χ3v) is 10.2. The van der Waals surface area contributed by atoms with Crippen LogP contribution in [0.15, 0.2) is 218 Å². The van der Waals surface area contributed by atoms with E-state index in [1.54, 1.807) is 0 Å². The lowest BCUT2D eigenvalue weighted by atomic mass is 9.70. The second-order valence-electron chi connectivity index (χ2n) is 13.3. The fraction of sp³-hybridized carbons (Fsp3) is 0.0400. The highest BCUT2D eigenvalue weighted by Crippen LogP contribution is 2.42. The monoisotopic (exact) mass is 666 g/mol. The van der Waals surface area contributed by atoms with Gasteiger partial charge in [0.1, 0.15) is 0 Å². The van der Waals surface area contributed by atoms with E-state index in [1.165, 1.54) is 32.7 Å². The van der Waals surface area contributed by atoms with Gasteiger partial charge in [0.05, 0.1) is 0 Å². The van der Waals surface area contributed by atoms with Crippen molar-refractivity contribution >= 4 is 45.3 Å². The van der Waals surface area contributed by atoms with Gasteiger partial charge in [-0.1, -0.05) is 146 Å². The molecule has 9 rings (SSSR count). The predicted octanol–water partition coefficient (Wildman–Crippen LogP) is 11.4. The average Bonchev–Trinajstić information content (AvgIpc) is 3.22. The standard InChI is InChI=1S/C50H38N2/c1-5-17-39(18-6-1)51(40-19-7-2-8-20-40)43-33-29-37(30-34-43)49-45-25-13-15-27-47(45)50(48-28-16-14-26-46(48)49)38-31-35-44(36-32-38)52(41-21-9-3-10-22-41)42-23-11-4-12-24-42/h1-36,45,47H. The third kappa shape index (κ3) is 5.85. The molecule has 2 unspecified atom stereocenters. The van der Waals surface area contributed by atoms with Crippen LogP contribution in [-0.2, 0) is 0 Å². The van der Waals surface area contributed by atoms with E-state index in [2.05, 4.69) is 228 Å². The van der Waals surface area contributed by atoms with Crippen molar-refractivity contribution in [1.29, 1.82) is 0 Å². The van der Waals surface area contributed by atoms with Gasteiger partial charge in [0.15, 0.2) is 0 Å². The normalized spacial score (nSPS) is 15.8. The van der Waals surface area contributed by atoms with E-state index in [0.29, 0.717) is 0 Å². The molecule has 0 aromatic heterocycles. The molecule has 0 bridgehead atoms. The molecule has 0 fully saturated rings. The number of anilines is 6. The Hall–Kier alpha value is -6.64. The van der Waals surface area contributed by atoms with Gasteiger partial charge in [-0.3, -0.25) is 0 Å². The molecule has 0 heterocycles. The topological polar surface area (TPSA) is 6.48 Å². The minimum Gasteiger partial charge on any atom is -0.311 e. The third-order valence-electron chi connectivity index (χ3n) is 10.2. The molecule has 2 heteroatoms. The molecule has 52 heavy (non-hydrogen) atoms. The van der Waals surface area contributed by atoms with Gasteiger partial charge in [-0.15, -0.1) is 0 Å². The molecule has 0 aliphatic heterocycles. The number of benzene rings is 7. The van der Waals surface area contributed by atoms with E-state index < -0.39 is 0 Å². The molecule has 2 nitrogen and oxygen atoms in total. The molecule has 2 atom stereocenters. The van der Waals surface area contributed by atoms with Crippen molar-refractivity contribution in [1.82, 2.24) is 0 Å². The largest absolute Gasteiger partial charge is 0.311 e. The van der Waals surface area contributed by atoms with Gasteiger partial charge in [0, 0.05) is 46.0 Å². The molecule has 2 aliphatic carbocycles. The van der Waals surface area contributed by atoms with Crippen LogP contribution in [0.5, 0.6) is 0 Å². The van der Waals surface area contributed by atoms with E-state index in [0.717, 1.165) is 34.1 Å². The molecule has 0 spiro atoms. The van der Waals surface area contributed by atoms with Crippen LogP contribution < -0.4 is 20.2 Å². The molecular formula is C50H38N2. The summed E-state index contributed by atoms with van der Waals surface area (Å²) < 4.78 is 0. The summed E-state index contributed by atoms with van der Waals surface area (Å²) in [5.74, 6) is 0.426. The van der Waals surface area contributed by atoms with Crippen LogP contribution >= 0.6 is 0 Å². The maximum atomic E-state index is 2.39. The van der Waals surface area contributed by atoms with Crippen molar-refractivity contribution < 1.29 is 0 Å². The molecule has 7 aromatic carbocycles. The molecule has 0 saturated heterocycles. The van der Waals surface area contributed by atoms with Crippen LogP contribution in [0, 0.1) is 11.8 Å². The van der Waals surface area contributed by atoms with Crippen molar-refractivity contribution in [3.05, 3.63) is 240 Å². The van der Waals surface area contributed by atoms with Crippen molar-refractivity contribution in [2.45, 2.75) is 0 Å². The molecule has 0 saturated carbocycles. The second kappa shape index (κ2) is 13.9. The summed E-state index contributed by atoms with van der Waals surface area (Å²) in [4.78, 5) is 4.64. The van der Waals surface area contributed by atoms with Crippen molar-refractivity contribution in [3.8, 4) is 0 Å². The number of allylic oxidation sites excluding steroid dienone is 4. The lowest BCUT2D eigenvalue weighted by Crippen LogP contribution is -2.40. The Morgan fingerprint density at radius 2 is 0.538 bits per heavy atom. The highest BCUT2D eigenvalue weighted by molar-refractivity contribution is 5.84. The summed E-state index contributed by atoms with van der Waals surface area (Å²) >= 11 is 0. The first-order chi connectivity index (χ1) is 25.8. The van der Waals surface area contributed by atoms with Crippen LogP contribution in [0.4, 0.5) is 34.1 Å². The Bertz CT molecular complexity index is 2230. The molecule has 2 aliphatic rings. The van der Waals surface area contributed by atoms with Gasteiger partial charge in [0.2, 0.25) is 0 Å². The van der Waals surface area contributed by atoms with E-state index in [4.69, 9.17) is 0 Å². The van der Waals surface area contributed by atoms with E-state index in [9.17, 15) is 0 Å². The summed E-state index contributed by atoms with van der Waals surface area (Å²) in [5, 5.41) is 2.60. The van der Waals surface area contributed by atoms with Gasteiger partial charge in [-0.2, -0.15) is 0 Å². The van der Waals surface area contributed by atoms with Gasteiger partial charge in [-0.05, 0) is 106 Å². The molecular weight excluding hydrogens is 629 g/mol. The Morgan fingerprint density at radius 3 is 0.846 bits per heavy atom. The van der Waals surface area contributed by atoms with Crippen LogP contribution in [-0.4, -0.2) is 0 Å². The Kier molecular flexibility index (Phi) is 8.40. The van der Waals surface area contributed by atoms with Crippen molar-refractivity contribution in [2.24, 2.45) is 11.8 Å². The Balaban J connectivity index is 1.16. The zero-order chi connectivity index (χ0) is 34.7. The van der Waals surface area contributed by atoms with Crippen molar-refractivity contribution in [3.63, 3.8) is 0 Å². The highest BCUT2D eigenvalue weighted by Gasteiger charge is 2.32. The average molecular weight is 667 g/mol. The minimum atomic E-state index is 0.213. The summed E-state index contributed by atoms with van der Waals surface area (Å²) in [6.45, 7) is 0. The number of rotatable bonds is 8. The molecule has 0 amide bonds. The lowest BCUT2D eigenvalue weighted by molar-refractivity contribution is 0.686. The number of nitrogens with zero attached hydrogens (tertiary/aromatic N) is 2. The van der Waals surface area contributed by atoms with Gasteiger partial charge in [-0.25, -0.2) is 0 Å². The van der Waals surface area contributed by atoms with Crippen LogP contribution in [0.2, 0.25) is 0 Å². The molecule has 7 aromatic rings. The quantitative estimate of drug-likeness (QED) is 0.159. The summed E-state index contributed by atoms with van der Waals surface area (Å²) in [5.41, 5.74) is 12.1. The molecule has 0 radical (unpaired) electrons. The summed E-state index contributed by atoms with van der Waals surface area (Å²) in [7, 11) is 0. The fourth-order valence-corrected chi connectivity index (χ4v) is 7.95. The number of hydrogen-bond acceptors (Lipinski definition) is 2. The lowest BCUT2D eigenvalue weighted by Gasteiger charge is -2.34. The van der Waals surface area contributed by atoms with E-state index >= 15 is 0 Å². The van der Waals surface area contributed by atoms with Crippen LogP contribution in [0.3, 0.4) is 0 Å². The number of fused-ring (bicyclic) bond motifs is 2. The summed E-state index contributed by atoms with van der Waals surface area (Å²) in [6.07, 6.45) is 9.22. The first-order valence-electron chi connectivity index (χ1n) is 18.0. The smallest absolute Gasteiger partial charge is 0.0462 e. The summed E-state index contributed by atoms with van der Waals surface area (Å²) in [6, 6.07) is 69.7. The molecule has 248 valence electrons. The SMILES string of the molecule is C1=CC2C(c3ccc(N(c4ccccc4)c4ccccc4)cc3)=c3ccccc3=C(c3ccc(N(c4ccccc4)c4ccccc4)cc3)C2C=C1. The fourth-order valence-electron chi connectivity index (χ4n) is 7.95. The highest BCUT2D eigenvalue weighted by atomic mass is 15.1. The maximum Gasteiger partial charge on any atom is 0.0462 e. The van der Waals surface area contributed by atoms with Crippen LogP contribution in [0.25, 0.3) is 11.1 Å². The maximum absolute atomic E-state index is 2.39. The first kappa shape index (κ1) is 31.3. The zero-order valence-corrected chi connectivity index (χ0v) is 28.8.